The maximum absolute atomic E-state index is 15.3. The fourth-order valence-corrected chi connectivity index (χ4v) is 4.18. The van der Waals surface area contributed by atoms with E-state index in [2.05, 4.69) is 16.9 Å². The third-order valence-corrected chi connectivity index (χ3v) is 5.78. The molecule has 5 aromatic rings. The molecule has 0 aliphatic carbocycles. The van der Waals surface area contributed by atoms with E-state index in [1.165, 1.54) is 21.3 Å². The number of nitrogens with zero attached hydrogens (tertiary/aromatic N) is 3. The molecule has 0 bridgehead atoms. The molecule has 0 radical (unpaired) electrons. The van der Waals surface area contributed by atoms with Crippen LogP contribution in [0.1, 0.15) is 13.8 Å². The Hall–Kier alpha value is -5.18. The number of ether oxygens (including phenoxy) is 2. The lowest BCUT2D eigenvalue weighted by Gasteiger charge is -2.12. The van der Waals surface area contributed by atoms with E-state index in [4.69, 9.17) is 9.47 Å². The molecule has 0 spiro atoms. The highest BCUT2D eigenvalue weighted by Gasteiger charge is 2.18. The zero-order chi connectivity index (χ0) is 27.5. The van der Waals surface area contributed by atoms with Crippen LogP contribution in [0.4, 0.5) is 10.1 Å². The normalized spacial score (nSPS) is 11.0. The van der Waals surface area contributed by atoms with Crippen LogP contribution in [0.3, 0.4) is 0 Å². The van der Waals surface area contributed by atoms with Crippen LogP contribution in [0.5, 0.6) is 17.2 Å². The molecule has 1 amide bonds. The Kier molecular flexibility index (Phi) is 6.96. The average molecular weight is 525 g/mol. The van der Waals surface area contributed by atoms with Gasteiger partial charge >= 0.3 is 5.69 Å². The number of fused-ring (bicyclic) bond motifs is 1. The third-order valence-electron chi connectivity index (χ3n) is 5.78. The molecule has 0 saturated heterocycles. The number of hydrogen-bond acceptors (Lipinski definition) is 5. The van der Waals surface area contributed by atoms with Crippen LogP contribution in [0.25, 0.3) is 22.4 Å². The van der Waals surface area contributed by atoms with Gasteiger partial charge < -0.3 is 14.8 Å². The maximum Gasteiger partial charge on any atom is 0.338 e. The first kappa shape index (κ1) is 25.5. The SMILES string of the molecule is C=CC(=O)Nc1cccc(-n2c(=O)n(-c3ccc(Oc4cccc(OC(C)C)c4)c(F)c3)c3cnccc32)c1. The van der Waals surface area contributed by atoms with Crippen molar-refractivity contribution in [1.29, 1.82) is 0 Å². The van der Waals surface area contributed by atoms with Gasteiger partial charge in [-0.05, 0) is 68.5 Å². The highest BCUT2D eigenvalue weighted by molar-refractivity contribution is 5.99. The average Bonchev–Trinajstić information content (AvgIpc) is 3.21. The van der Waals surface area contributed by atoms with Gasteiger partial charge in [0, 0.05) is 24.0 Å². The van der Waals surface area contributed by atoms with E-state index >= 15 is 4.39 Å². The molecule has 0 atom stereocenters. The van der Waals surface area contributed by atoms with Crippen molar-refractivity contribution in [3.05, 3.63) is 114 Å². The molecule has 39 heavy (non-hydrogen) atoms. The fraction of sp³-hybridized carbons (Fsp3) is 0.100. The number of imidazole rings is 1. The van der Waals surface area contributed by atoms with Gasteiger partial charge in [0.05, 0.1) is 34.7 Å². The van der Waals surface area contributed by atoms with Gasteiger partial charge in [-0.15, -0.1) is 0 Å². The van der Waals surface area contributed by atoms with E-state index in [1.807, 2.05) is 13.8 Å². The van der Waals surface area contributed by atoms with Crippen molar-refractivity contribution >= 4 is 22.6 Å². The van der Waals surface area contributed by atoms with E-state index in [0.717, 1.165) is 6.08 Å². The Morgan fingerprint density at radius 3 is 2.49 bits per heavy atom. The Morgan fingerprint density at radius 1 is 0.974 bits per heavy atom. The van der Waals surface area contributed by atoms with Crippen molar-refractivity contribution in [2.24, 2.45) is 0 Å². The quantitative estimate of drug-likeness (QED) is 0.251. The molecule has 3 aromatic carbocycles. The number of aromatic nitrogens is 3. The number of nitrogens with one attached hydrogen (secondary N) is 1. The zero-order valence-corrected chi connectivity index (χ0v) is 21.3. The summed E-state index contributed by atoms with van der Waals surface area (Å²) in [5, 5.41) is 2.69. The predicted molar refractivity (Wildman–Crippen MR) is 148 cm³/mol. The Morgan fingerprint density at radius 2 is 1.72 bits per heavy atom. The summed E-state index contributed by atoms with van der Waals surface area (Å²) in [7, 11) is 0. The summed E-state index contributed by atoms with van der Waals surface area (Å²) in [5.41, 5.74) is 1.92. The lowest BCUT2D eigenvalue weighted by Crippen LogP contribution is -2.22. The van der Waals surface area contributed by atoms with Crippen LogP contribution < -0.4 is 20.5 Å². The van der Waals surface area contributed by atoms with Gasteiger partial charge in [0.2, 0.25) is 5.91 Å². The van der Waals surface area contributed by atoms with Crippen LogP contribution in [-0.4, -0.2) is 26.1 Å². The van der Waals surface area contributed by atoms with E-state index in [0.29, 0.717) is 39.6 Å². The molecule has 0 unspecified atom stereocenters. The van der Waals surface area contributed by atoms with E-state index in [1.54, 1.807) is 73.1 Å². The van der Waals surface area contributed by atoms with Crippen molar-refractivity contribution in [1.82, 2.24) is 14.1 Å². The fourth-order valence-electron chi connectivity index (χ4n) is 4.18. The third kappa shape index (κ3) is 5.28. The number of rotatable bonds is 8. The Balaban J connectivity index is 1.53. The molecule has 196 valence electrons. The predicted octanol–water partition coefficient (Wildman–Crippen LogP) is 6.02. The van der Waals surface area contributed by atoms with Crippen LogP contribution in [0.15, 0.2) is 103 Å². The molecule has 2 aromatic heterocycles. The molecule has 0 aliphatic rings. The number of amides is 1. The van der Waals surface area contributed by atoms with Gasteiger partial charge in [0.25, 0.3) is 0 Å². The van der Waals surface area contributed by atoms with E-state index < -0.39 is 11.5 Å². The van der Waals surface area contributed by atoms with Gasteiger partial charge in [-0.25, -0.2) is 9.18 Å². The second-order valence-electron chi connectivity index (χ2n) is 8.92. The highest BCUT2D eigenvalue weighted by Crippen LogP contribution is 2.30. The number of hydrogen-bond donors (Lipinski definition) is 1. The summed E-state index contributed by atoms with van der Waals surface area (Å²) in [6.07, 6.45) is 4.26. The molecule has 0 saturated carbocycles. The van der Waals surface area contributed by atoms with Gasteiger partial charge in [-0.2, -0.15) is 0 Å². The molecule has 5 rings (SSSR count). The van der Waals surface area contributed by atoms with Gasteiger partial charge in [0.1, 0.15) is 11.5 Å². The molecule has 1 N–H and O–H groups in total. The first-order valence-electron chi connectivity index (χ1n) is 12.2. The minimum absolute atomic E-state index is 0.000945. The largest absolute Gasteiger partial charge is 0.491 e. The number of anilines is 1. The summed E-state index contributed by atoms with van der Waals surface area (Å²) in [5.74, 6) is 0.0123. The van der Waals surface area contributed by atoms with Crippen LogP contribution in [0.2, 0.25) is 0 Å². The van der Waals surface area contributed by atoms with Crippen molar-refractivity contribution < 1.29 is 18.7 Å². The second-order valence-corrected chi connectivity index (χ2v) is 8.92. The molecule has 9 heteroatoms. The summed E-state index contributed by atoms with van der Waals surface area (Å²) in [6.45, 7) is 7.29. The smallest absolute Gasteiger partial charge is 0.338 e. The number of carbonyl (C=O) groups excluding carboxylic acids is 1. The number of carbonyl (C=O) groups is 1. The van der Waals surface area contributed by atoms with Gasteiger partial charge in [0.15, 0.2) is 11.6 Å². The highest BCUT2D eigenvalue weighted by atomic mass is 19.1. The zero-order valence-electron chi connectivity index (χ0n) is 21.3. The second kappa shape index (κ2) is 10.7. The molecule has 0 fully saturated rings. The topological polar surface area (TPSA) is 87.4 Å². The summed E-state index contributed by atoms with van der Waals surface area (Å²) in [6, 6.07) is 19.8. The van der Waals surface area contributed by atoms with Crippen molar-refractivity contribution in [2.45, 2.75) is 20.0 Å². The number of pyridine rings is 1. The van der Waals surface area contributed by atoms with Crippen LogP contribution in [0, 0.1) is 5.82 Å². The van der Waals surface area contributed by atoms with E-state index in [-0.39, 0.29) is 17.8 Å². The molecule has 2 heterocycles. The van der Waals surface area contributed by atoms with Crippen molar-refractivity contribution in [3.8, 4) is 28.6 Å². The molecule has 0 aliphatic heterocycles. The Bertz CT molecular complexity index is 1760. The first-order chi connectivity index (χ1) is 18.8. The standard InChI is InChI=1S/C30H25FN4O4/c1-4-29(36)33-20-7-5-8-21(15-20)34-26-13-14-32-18-27(26)35(30(34)37)22-11-12-28(25(31)16-22)39-24-10-6-9-23(17-24)38-19(2)3/h4-19H,1H2,2-3H3,(H,33,36). The minimum Gasteiger partial charge on any atom is -0.491 e. The van der Waals surface area contributed by atoms with Crippen molar-refractivity contribution in [3.63, 3.8) is 0 Å². The lowest BCUT2D eigenvalue weighted by atomic mass is 10.2. The molecular formula is C30H25FN4O4. The summed E-state index contributed by atoms with van der Waals surface area (Å²) < 4.78 is 29.6. The molecule has 8 nitrogen and oxygen atoms in total. The summed E-state index contributed by atoms with van der Waals surface area (Å²) in [4.78, 5) is 29.7. The molecular weight excluding hydrogens is 499 g/mol. The van der Waals surface area contributed by atoms with Crippen LogP contribution >= 0.6 is 0 Å². The van der Waals surface area contributed by atoms with Gasteiger partial charge in [-0.3, -0.25) is 18.9 Å². The minimum atomic E-state index is -0.645. The Labute approximate surface area is 223 Å². The van der Waals surface area contributed by atoms with Crippen molar-refractivity contribution in [2.75, 3.05) is 5.32 Å². The summed E-state index contributed by atoms with van der Waals surface area (Å²) >= 11 is 0. The number of benzene rings is 3. The number of halogens is 1. The maximum atomic E-state index is 15.3. The first-order valence-corrected chi connectivity index (χ1v) is 12.2. The van der Waals surface area contributed by atoms with Crippen LogP contribution in [-0.2, 0) is 4.79 Å². The van der Waals surface area contributed by atoms with E-state index in [9.17, 15) is 9.59 Å². The monoisotopic (exact) mass is 524 g/mol. The lowest BCUT2D eigenvalue weighted by molar-refractivity contribution is -0.111. The van der Waals surface area contributed by atoms with Gasteiger partial charge in [-0.1, -0.05) is 18.7 Å².